The second kappa shape index (κ2) is 7.44. The molecule has 1 amide bonds. The van der Waals surface area contributed by atoms with Gasteiger partial charge in [0.1, 0.15) is 5.88 Å². The van der Waals surface area contributed by atoms with E-state index in [-0.39, 0.29) is 24.4 Å². The molecule has 0 bridgehead atoms. The van der Waals surface area contributed by atoms with Crippen LogP contribution < -0.4 is 0 Å². The van der Waals surface area contributed by atoms with E-state index >= 15 is 0 Å². The topological polar surface area (TPSA) is 53.7 Å². The minimum Gasteiger partial charge on any atom is -0.472 e. The van der Waals surface area contributed by atoms with Gasteiger partial charge in [-0.25, -0.2) is 0 Å². The molecule has 1 atom stereocenters. The van der Waals surface area contributed by atoms with Crippen molar-refractivity contribution in [2.45, 2.75) is 32.9 Å². The molecule has 1 rings (SSSR count). The first-order valence-corrected chi connectivity index (χ1v) is 6.59. The summed E-state index contributed by atoms with van der Waals surface area (Å²) in [5, 5.41) is 9.46. The van der Waals surface area contributed by atoms with E-state index in [0.29, 0.717) is 12.5 Å². The quantitative estimate of drug-likeness (QED) is 0.776. The fourth-order valence-corrected chi connectivity index (χ4v) is 2.07. The van der Waals surface area contributed by atoms with Gasteiger partial charge in [0.2, 0.25) is 5.91 Å². The number of carbonyl (C=O) groups excluding carboxylic acids is 1. The Balaban J connectivity index is 2.78. The van der Waals surface area contributed by atoms with Crippen LogP contribution in [0, 0.1) is 5.92 Å². The monoisotopic (exact) mass is 273 g/mol. The molecule has 18 heavy (non-hydrogen) atoms. The van der Waals surface area contributed by atoms with Gasteiger partial charge in [0.15, 0.2) is 0 Å². The minimum absolute atomic E-state index is 0.0569. The summed E-state index contributed by atoms with van der Waals surface area (Å²) in [5.41, 5.74) is 0.899. The normalized spacial score (nSPS) is 12.7. The van der Waals surface area contributed by atoms with Gasteiger partial charge in [-0.3, -0.25) is 4.79 Å². The second-order valence-corrected chi connectivity index (χ2v) is 5.02. The van der Waals surface area contributed by atoms with Crippen LogP contribution >= 0.6 is 11.6 Å². The molecular weight excluding hydrogens is 254 g/mol. The van der Waals surface area contributed by atoms with E-state index in [1.807, 2.05) is 0 Å². The lowest BCUT2D eigenvalue weighted by Crippen LogP contribution is -2.43. The van der Waals surface area contributed by atoms with Gasteiger partial charge in [0.05, 0.1) is 25.2 Å². The van der Waals surface area contributed by atoms with Crippen molar-refractivity contribution in [3.63, 3.8) is 0 Å². The number of halogens is 1. The third-order valence-electron chi connectivity index (χ3n) is 2.76. The van der Waals surface area contributed by atoms with Gasteiger partial charge in [0, 0.05) is 12.1 Å². The van der Waals surface area contributed by atoms with Crippen molar-refractivity contribution in [3.8, 4) is 0 Å². The number of furan rings is 1. The third kappa shape index (κ3) is 4.35. The predicted octanol–water partition coefficient (Wildman–Crippen LogP) is 2.25. The number of amides is 1. The molecule has 1 unspecified atom stereocenters. The summed E-state index contributed by atoms with van der Waals surface area (Å²) in [4.78, 5) is 13.5. The molecule has 5 heteroatoms. The molecule has 1 aromatic heterocycles. The Kier molecular flexibility index (Phi) is 6.22. The number of aliphatic hydroxyl groups is 1. The highest BCUT2D eigenvalue weighted by Crippen LogP contribution is 2.16. The van der Waals surface area contributed by atoms with Crippen LogP contribution in [-0.4, -0.2) is 34.4 Å². The zero-order valence-electron chi connectivity index (χ0n) is 10.8. The molecule has 4 nitrogen and oxygen atoms in total. The summed E-state index contributed by atoms with van der Waals surface area (Å²) in [6.45, 7) is 4.48. The van der Waals surface area contributed by atoms with Crippen LogP contribution in [0.2, 0.25) is 0 Å². The fraction of sp³-hybridized carbons (Fsp3) is 0.615. The zero-order valence-corrected chi connectivity index (χ0v) is 11.6. The van der Waals surface area contributed by atoms with Gasteiger partial charge >= 0.3 is 0 Å². The molecule has 0 radical (unpaired) electrons. The highest BCUT2D eigenvalue weighted by Gasteiger charge is 2.23. The van der Waals surface area contributed by atoms with Crippen LogP contribution in [-0.2, 0) is 11.3 Å². The molecule has 1 heterocycles. The Hall–Kier alpha value is -1.00. The number of hydrogen-bond donors (Lipinski definition) is 1. The van der Waals surface area contributed by atoms with Crippen molar-refractivity contribution >= 4 is 17.5 Å². The maximum atomic E-state index is 11.9. The Morgan fingerprint density at radius 3 is 2.72 bits per heavy atom. The summed E-state index contributed by atoms with van der Waals surface area (Å²) in [6.07, 6.45) is 3.91. The summed E-state index contributed by atoms with van der Waals surface area (Å²) in [6, 6.07) is 1.60. The van der Waals surface area contributed by atoms with Crippen molar-refractivity contribution < 1.29 is 14.3 Å². The molecule has 102 valence electrons. The van der Waals surface area contributed by atoms with Crippen molar-refractivity contribution in [1.29, 1.82) is 0 Å². The molecule has 0 saturated heterocycles. The highest BCUT2D eigenvalue weighted by molar-refractivity contribution is 6.27. The minimum atomic E-state index is -0.203. The van der Waals surface area contributed by atoms with Crippen LogP contribution in [0.1, 0.15) is 25.8 Å². The Bertz CT molecular complexity index is 351. The molecular formula is C13H20ClNO3. The van der Waals surface area contributed by atoms with Crippen molar-refractivity contribution in [2.75, 3.05) is 12.5 Å². The zero-order chi connectivity index (χ0) is 13.5. The third-order valence-corrected chi connectivity index (χ3v) is 2.99. The molecule has 0 aromatic carbocycles. The lowest BCUT2D eigenvalue weighted by atomic mass is 10.0. The fourth-order valence-electron chi connectivity index (χ4n) is 1.92. The van der Waals surface area contributed by atoms with E-state index in [1.165, 1.54) is 0 Å². The summed E-state index contributed by atoms with van der Waals surface area (Å²) >= 11 is 5.63. The smallest absolute Gasteiger partial charge is 0.238 e. The average Bonchev–Trinajstić information content (AvgIpc) is 2.85. The van der Waals surface area contributed by atoms with Gasteiger partial charge in [0.25, 0.3) is 0 Å². The van der Waals surface area contributed by atoms with E-state index in [2.05, 4.69) is 13.8 Å². The molecule has 0 aliphatic carbocycles. The molecule has 0 aliphatic rings. The first-order chi connectivity index (χ1) is 8.58. The Morgan fingerprint density at radius 2 is 2.28 bits per heavy atom. The molecule has 1 aromatic rings. The van der Waals surface area contributed by atoms with Crippen LogP contribution in [0.5, 0.6) is 0 Å². The van der Waals surface area contributed by atoms with E-state index in [0.717, 1.165) is 12.0 Å². The number of rotatable bonds is 7. The molecule has 0 fully saturated rings. The van der Waals surface area contributed by atoms with E-state index < -0.39 is 0 Å². The van der Waals surface area contributed by atoms with E-state index in [4.69, 9.17) is 16.0 Å². The van der Waals surface area contributed by atoms with Crippen molar-refractivity contribution in [3.05, 3.63) is 24.2 Å². The van der Waals surface area contributed by atoms with Gasteiger partial charge in [-0.15, -0.1) is 11.6 Å². The number of alkyl halides is 1. The SMILES string of the molecule is CC(C)CC(CO)N(Cc1ccoc1)C(=O)CCl. The van der Waals surface area contributed by atoms with Crippen LogP contribution in [0.4, 0.5) is 0 Å². The highest BCUT2D eigenvalue weighted by atomic mass is 35.5. The maximum Gasteiger partial charge on any atom is 0.238 e. The number of nitrogens with zero attached hydrogens (tertiary/aromatic N) is 1. The van der Waals surface area contributed by atoms with Crippen molar-refractivity contribution in [2.24, 2.45) is 5.92 Å². The van der Waals surface area contributed by atoms with Gasteiger partial charge < -0.3 is 14.4 Å². The molecule has 0 aliphatic heterocycles. The predicted molar refractivity (Wildman–Crippen MR) is 70.3 cm³/mol. The standard InChI is InChI=1S/C13H20ClNO3/c1-10(2)5-12(8-16)15(13(17)6-14)7-11-3-4-18-9-11/h3-4,9-10,12,16H,5-8H2,1-2H3. The number of hydrogen-bond acceptors (Lipinski definition) is 3. The van der Waals surface area contributed by atoms with Crippen LogP contribution in [0.3, 0.4) is 0 Å². The molecule has 0 saturated carbocycles. The van der Waals surface area contributed by atoms with E-state index in [9.17, 15) is 9.90 Å². The summed E-state index contributed by atoms with van der Waals surface area (Å²) < 4.78 is 4.99. The molecule has 1 N–H and O–H groups in total. The maximum absolute atomic E-state index is 11.9. The van der Waals surface area contributed by atoms with Crippen molar-refractivity contribution in [1.82, 2.24) is 4.90 Å². The number of aliphatic hydroxyl groups excluding tert-OH is 1. The lowest BCUT2D eigenvalue weighted by molar-refractivity contribution is -0.132. The Labute approximate surface area is 113 Å². The van der Waals surface area contributed by atoms with Gasteiger partial charge in [-0.05, 0) is 18.4 Å². The van der Waals surface area contributed by atoms with Crippen LogP contribution in [0.25, 0.3) is 0 Å². The lowest BCUT2D eigenvalue weighted by Gasteiger charge is -2.31. The summed E-state index contributed by atoms with van der Waals surface area (Å²) in [7, 11) is 0. The first-order valence-electron chi connectivity index (χ1n) is 6.05. The van der Waals surface area contributed by atoms with E-state index in [1.54, 1.807) is 23.5 Å². The second-order valence-electron chi connectivity index (χ2n) is 4.75. The number of carbonyl (C=O) groups is 1. The Morgan fingerprint density at radius 1 is 1.56 bits per heavy atom. The molecule has 0 spiro atoms. The average molecular weight is 274 g/mol. The summed E-state index contributed by atoms with van der Waals surface area (Å²) in [5.74, 6) is 0.154. The van der Waals surface area contributed by atoms with Crippen LogP contribution in [0.15, 0.2) is 23.0 Å². The van der Waals surface area contributed by atoms with Gasteiger partial charge in [-0.1, -0.05) is 13.8 Å². The largest absolute Gasteiger partial charge is 0.472 e. The van der Waals surface area contributed by atoms with Gasteiger partial charge in [-0.2, -0.15) is 0 Å². The first kappa shape index (κ1) is 15.1.